The number of hydrogen-bond acceptors (Lipinski definition) is 7. The van der Waals surface area contributed by atoms with Crippen LogP contribution < -0.4 is 10.1 Å². The van der Waals surface area contributed by atoms with Gasteiger partial charge in [-0.1, -0.05) is 0 Å². The fraction of sp³-hybridized carbons (Fsp3) is 0.320. The number of aryl methyl sites for hydroxylation is 1. The summed E-state index contributed by atoms with van der Waals surface area (Å²) in [6.45, 7) is 3.31. The molecule has 2 atom stereocenters. The van der Waals surface area contributed by atoms with Crippen LogP contribution in [-0.4, -0.2) is 50.5 Å². The molecule has 6 rings (SSSR count). The highest BCUT2D eigenvalue weighted by molar-refractivity contribution is 6.01. The van der Waals surface area contributed by atoms with E-state index in [1.807, 2.05) is 13.1 Å². The fourth-order valence-corrected chi connectivity index (χ4v) is 4.74. The number of ether oxygens (including phenoxy) is 2. The van der Waals surface area contributed by atoms with Crippen molar-refractivity contribution in [1.29, 1.82) is 0 Å². The lowest BCUT2D eigenvalue weighted by Gasteiger charge is -2.15. The van der Waals surface area contributed by atoms with Crippen LogP contribution in [0.15, 0.2) is 42.9 Å². The molecule has 1 aliphatic carbocycles. The molecule has 0 bridgehead atoms. The molecule has 2 unspecified atom stereocenters. The highest BCUT2D eigenvalue weighted by atomic mass is 19.1. The first kappa shape index (κ1) is 21.6. The van der Waals surface area contributed by atoms with Gasteiger partial charge in [-0.15, -0.1) is 0 Å². The third-order valence-electron chi connectivity index (χ3n) is 6.67. The van der Waals surface area contributed by atoms with Crippen LogP contribution >= 0.6 is 0 Å². The van der Waals surface area contributed by atoms with Crippen LogP contribution in [0.1, 0.15) is 13.3 Å². The maximum Gasteiger partial charge on any atom is 0.234 e. The average molecular weight is 474 g/mol. The molecule has 1 amide bonds. The van der Waals surface area contributed by atoms with Gasteiger partial charge in [0.15, 0.2) is 11.6 Å². The number of amides is 1. The van der Waals surface area contributed by atoms with Gasteiger partial charge in [0.05, 0.1) is 30.8 Å². The molecule has 3 aromatic heterocycles. The maximum absolute atomic E-state index is 13.5. The van der Waals surface area contributed by atoms with Crippen molar-refractivity contribution in [2.75, 3.05) is 25.1 Å². The van der Waals surface area contributed by atoms with Gasteiger partial charge in [-0.05, 0) is 37.6 Å². The average Bonchev–Trinajstić information content (AvgIpc) is 3.19. The number of aromatic nitrogens is 5. The van der Waals surface area contributed by atoms with Gasteiger partial charge in [-0.3, -0.25) is 9.48 Å². The van der Waals surface area contributed by atoms with E-state index in [1.54, 1.807) is 29.9 Å². The minimum atomic E-state index is -0.477. The number of pyridine rings is 1. The number of halogens is 1. The Morgan fingerprint density at radius 3 is 2.83 bits per heavy atom. The third-order valence-corrected chi connectivity index (χ3v) is 6.67. The predicted molar refractivity (Wildman–Crippen MR) is 126 cm³/mol. The van der Waals surface area contributed by atoms with Crippen LogP contribution in [0.2, 0.25) is 0 Å². The third kappa shape index (κ3) is 3.61. The van der Waals surface area contributed by atoms with E-state index in [2.05, 4.69) is 20.4 Å². The smallest absolute Gasteiger partial charge is 0.234 e. The monoisotopic (exact) mass is 474 g/mol. The number of benzene rings is 1. The Hall–Kier alpha value is -3.92. The van der Waals surface area contributed by atoms with Crippen LogP contribution in [0.3, 0.4) is 0 Å². The van der Waals surface area contributed by atoms with Gasteiger partial charge in [0, 0.05) is 36.4 Å². The van der Waals surface area contributed by atoms with E-state index in [0.29, 0.717) is 59.4 Å². The summed E-state index contributed by atoms with van der Waals surface area (Å²) >= 11 is 0. The summed E-state index contributed by atoms with van der Waals surface area (Å²) in [7, 11) is 1.81. The Labute approximate surface area is 200 Å². The number of carbonyl (C=O) groups is 1. The van der Waals surface area contributed by atoms with Crippen molar-refractivity contribution in [3.63, 3.8) is 0 Å². The lowest BCUT2D eigenvalue weighted by atomic mass is 10.0. The molecule has 178 valence electrons. The number of carbonyl (C=O) groups excluding carboxylic acids is 1. The van der Waals surface area contributed by atoms with Crippen molar-refractivity contribution in [2.45, 2.75) is 13.3 Å². The topological polar surface area (TPSA) is 104 Å². The summed E-state index contributed by atoms with van der Waals surface area (Å²) in [4.78, 5) is 26.8. The molecule has 1 aromatic carbocycles. The number of anilines is 1. The van der Waals surface area contributed by atoms with Crippen molar-refractivity contribution >= 4 is 22.8 Å². The second-order valence-electron chi connectivity index (χ2n) is 8.96. The normalized spacial score (nSPS) is 20.6. The molecular formula is C25H23FN6O3. The lowest BCUT2D eigenvalue weighted by molar-refractivity contribution is -0.121. The first-order valence-electron chi connectivity index (χ1n) is 11.5. The molecule has 9 nitrogen and oxygen atoms in total. The molecule has 1 saturated carbocycles. The van der Waals surface area contributed by atoms with Crippen LogP contribution in [0.5, 0.6) is 5.75 Å². The first-order valence-corrected chi connectivity index (χ1v) is 11.5. The van der Waals surface area contributed by atoms with Crippen molar-refractivity contribution in [2.24, 2.45) is 18.4 Å². The molecule has 4 aromatic rings. The molecule has 2 aliphatic rings. The fourth-order valence-electron chi connectivity index (χ4n) is 4.74. The van der Waals surface area contributed by atoms with Gasteiger partial charge >= 0.3 is 0 Å². The van der Waals surface area contributed by atoms with Crippen molar-refractivity contribution < 1.29 is 18.7 Å². The van der Waals surface area contributed by atoms with E-state index in [-0.39, 0.29) is 17.6 Å². The van der Waals surface area contributed by atoms with Gasteiger partial charge in [-0.2, -0.15) is 5.10 Å². The van der Waals surface area contributed by atoms with E-state index in [0.717, 1.165) is 12.0 Å². The number of rotatable bonds is 6. The minimum Gasteiger partial charge on any atom is -0.490 e. The quantitative estimate of drug-likeness (QED) is 0.455. The predicted octanol–water partition coefficient (Wildman–Crippen LogP) is 3.61. The Balaban J connectivity index is 1.47. The van der Waals surface area contributed by atoms with E-state index >= 15 is 0 Å². The molecule has 1 N–H and O–H groups in total. The summed E-state index contributed by atoms with van der Waals surface area (Å²) in [6.07, 6.45) is 4.11. The Kier molecular flexibility index (Phi) is 4.99. The summed E-state index contributed by atoms with van der Waals surface area (Å²) < 4.78 is 26.5. The van der Waals surface area contributed by atoms with Crippen LogP contribution in [0, 0.1) is 17.2 Å². The molecule has 1 saturated heterocycles. The Morgan fingerprint density at radius 2 is 2.11 bits per heavy atom. The minimum absolute atomic E-state index is 0.111. The molecule has 2 fully saturated rings. The van der Waals surface area contributed by atoms with Gasteiger partial charge in [0.25, 0.3) is 0 Å². The van der Waals surface area contributed by atoms with E-state index < -0.39 is 5.41 Å². The van der Waals surface area contributed by atoms with E-state index in [1.165, 1.54) is 18.5 Å². The van der Waals surface area contributed by atoms with Crippen LogP contribution in [0.25, 0.3) is 33.5 Å². The molecule has 1 aliphatic heterocycles. The summed E-state index contributed by atoms with van der Waals surface area (Å²) in [5.41, 5.74) is 3.23. The number of nitrogens with zero attached hydrogens (tertiary/aromatic N) is 5. The van der Waals surface area contributed by atoms with Crippen molar-refractivity contribution in [3.8, 4) is 28.3 Å². The second-order valence-corrected chi connectivity index (χ2v) is 8.96. The van der Waals surface area contributed by atoms with Gasteiger partial charge in [-0.25, -0.2) is 19.3 Å². The van der Waals surface area contributed by atoms with Gasteiger partial charge in [0.2, 0.25) is 5.91 Å². The lowest BCUT2D eigenvalue weighted by Crippen LogP contribution is -2.27. The van der Waals surface area contributed by atoms with E-state index in [9.17, 15) is 9.18 Å². The molecular weight excluding hydrogens is 451 g/mol. The van der Waals surface area contributed by atoms with Gasteiger partial charge < -0.3 is 14.8 Å². The molecule has 10 heteroatoms. The summed E-state index contributed by atoms with van der Waals surface area (Å²) in [5, 5.41) is 7.55. The summed E-state index contributed by atoms with van der Waals surface area (Å²) in [6, 6.07) is 7.89. The highest BCUT2D eigenvalue weighted by Crippen LogP contribution is 2.57. The summed E-state index contributed by atoms with van der Waals surface area (Å²) in [5.74, 6) is 0.579. The van der Waals surface area contributed by atoms with Crippen LogP contribution in [-0.2, 0) is 16.6 Å². The van der Waals surface area contributed by atoms with E-state index in [4.69, 9.17) is 14.5 Å². The standard InChI is InChI=1S/C25H23FN6O3/c1-3-35-19-8-18-22(29-23(19)30-24(33)25-9-15(25)11-34-12-25)21(28-13-27-18)17-10-32(2)31-20(17)14-4-6-16(26)7-5-14/h4-8,10,13,15H,3,9,11-12H2,1-2H3,(H,29,30,33). The number of fused-ring (bicyclic) bond motifs is 2. The Morgan fingerprint density at radius 1 is 1.29 bits per heavy atom. The second kappa shape index (κ2) is 8.09. The van der Waals surface area contributed by atoms with Crippen molar-refractivity contribution in [3.05, 3.63) is 48.7 Å². The number of nitrogens with one attached hydrogen (secondary N) is 1. The maximum atomic E-state index is 13.5. The number of hydrogen-bond donors (Lipinski definition) is 1. The largest absolute Gasteiger partial charge is 0.490 e. The molecule has 35 heavy (non-hydrogen) atoms. The zero-order valence-electron chi connectivity index (χ0n) is 19.3. The van der Waals surface area contributed by atoms with Crippen molar-refractivity contribution in [1.82, 2.24) is 24.7 Å². The molecule has 4 heterocycles. The van der Waals surface area contributed by atoms with Crippen LogP contribution in [0.4, 0.5) is 10.2 Å². The molecule has 0 radical (unpaired) electrons. The van der Waals surface area contributed by atoms with Gasteiger partial charge in [0.1, 0.15) is 29.0 Å². The molecule has 0 spiro atoms. The zero-order valence-corrected chi connectivity index (χ0v) is 19.3. The Bertz CT molecular complexity index is 1450. The zero-order chi connectivity index (χ0) is 24.2. The highest BCUT2D eigenvalue weighted by Gasteiger charge is 2.63. The first-order chi connectivity index (χ1) is 17.0. The SMILES string of the molecule is CCOc1cc2ncnc(-c3cn(C)nc3-c3ccc(F)cc3)c2nc1NC(=O)C12COCC1C2.